The Kier molecular flexibility index (Phi) is 3.92. The first-order valence-corrected chi connectivity index (χ1v) is 5.66. The van der Waals surface area contributed by atoms with Gasteiger partial charge in [0.05, 0.1) is 12.7 Å². The normalized spacial score (nSPS) is 19.4. The molecule has 1 fully saturated rings. The fraction of sp³-hybridized carbons (Fsp3) is 0.700. The number of hydrogen-bond acceptors (Lipinski definition) is 6. The number of nitrogen functional groups attached to an aromatic ring is 1. The van der Waals surface area contributed by atoms with E-state index in [0.717, 1.165) is 25.9 Å². The van der Waals surface area contributed by atoms with Crippen molar-refractivity contribution in [2.45, 2.75) is 31.9 Å². The predicted molar refractivity (Wildman–Crippen MR) is 59.0 cm³/mol. The molecule has 7 heteroatoms. The second-order valence-corrected chi connectivity index (χ2v) is 3.94. The number of hydrogen-bond donors (Lipinski definition) is 1. The fourth-order valence-electron chi connectivity index (χ4n) is 1.74. The molecule has 0 amide bonds. The van der Waals surface area contributed by atoms with Crippen molar-refractivity contribution in [2.75, 3.05) is 18.9 Å². The summed E-state index contributed by atoms with van der Waals surface area (Å²) in [5.74, 6) is -0.190. The van der Waals surface area contributed by atoms with Crippen molar-refractivity contribution in [1.82, 2.24) is 14.8 Å². The minimum absolute atomic E-state index is 0.0374. The average Bonchev–Trinajstić information content (AvgIpc) is 2.90. The van der Waals surface area contributed by atoms with Gasteiger partial charge >= 0.3 is 5.97 Å². The van der Waals surface area contributed by atoms with Crippen molar-refractivity contribution in [2.24, 2.45) is 0 Å². The summed E-state index contributed by atoms with van der Waals surface area (Å²) in [6.07, 6.45) is 4.54. The van der Waals surface area contributed by atoms with Gasteiger partial charge in [0.15, 0.2) is 0 Å². The Morgan fingerprint density at radius 2 is 2.59 bits per heavy atom. The average molecular weight is 240 g/mol. The smallest absolute Gasteiger partial charge is 0.327 e. The van der Waals surface area contributed by atoms with Crippen molar-refractivity contribution in [3.8, 4) is 0 Å². The monoisotopic (exact) mass is 240 g/mol. The van der Waals surface area contributed by atoms with Gasteiger partial charge in [0.25, 0.3) is 0 Å². The van der Waals surface area contributed by atoms with Gasteiger partial charge in [0, 0.05) is 13.0 Å². The second kappa shape index (κ2) is 5.62. The highest BCUT2D eigenvalue weighted by molar-refractivity contribution is 5.68. The molecule has 2 rings (SSSR count). The molecule has 17 heavy (non-hydrogen) atoms. The molecule has 0 aliphatic carbocycles. The predicted octanol–water partition coefficient (Wildman–Crippen LogP) is -0.0274. The first kappa shape index (κ1) is 11.8. The minimum atomic E-state index is -0.340. The van der Waals surface area contributed by atoms with E-state index < -0.39 is 0 Å². The van der Waals surface area contributed by atoms with Crippen LogP contribution in [0.2, 0.25) is 0 Å². The molecule has 0 radical (unpaired) electrons. The quantitative estimate of drug-likeness (QED) is 0.727. The lowest BCUT2D eigenvalue weighted by molar-refractivity contribution is -0.145. The first-order chi connectivity index (χ1) is 8.24. The number of ether oxygens (including phenoxy) is 2. The Morgan fingerprint density at radius 1 is 1.71 bits per heavy atom. The number of aromatic nitrogens is 3. The van der Waals surface area contributed by atoms with Crippen molar-refractivity contribution in [1.29, 1.82) is 0 Å². The number of nitrogens with two attached hydrogens (primary N) is 1. The van der Waals surface area contributed by atoms with Crippen LogP contribution in [0.15, 0.2) is 6.33 Å². The van der Waals surface area contributed by atoms with Gasteiger partial charge in [0.1, 0.15) is 12.9 Å². The number of rotatable bonds is 5. The maximum absolute atomic E-state index is 11.4. The Labute approximate surface area is 98.9 Å². The van der Waals surface area contributed by atoms with Crippen molar-refractivity contribution < 1.29 is 14.3 Å². The number of anilines is 1. The molecule has 2 N–H and O–H groups in total. The van der Waals surface area contributed by atoms with Crippen LogP contribution in [-0.4, -0.2) is 40.1 Å². The molecule has 2 heterocycles. The van der Waals surface area contributed by atoms with E-state index in [2.05, 4.69) is 10.1 Å². The van der Waals surface area contributed by atoms with Gasteiger partial charge in [-0.2, -0.15) is 0 Å². The number of nitrogens with zero attached hydrogens (tertiary/aromatic N) is 3. The molecular formula is C10H16N4O3. The summed E-state index contributed by atoms with van der Waals surface area (Å²) in [5.41, 5.74) is 5.33. The third-order valence-corrected chi connectivity index (χ3v) is 2.57. The van der Waals surface area contributed by atoms with E-state index >= 15 is 0 Å². The van der Waals surface area contributed by atoms with E-state index in [1.165, 1.54) is 11.0 Å². The Morgan fingerprint density at radius 3 is 3.24 bits per heavy atom. The molecule has 0 aromatic carbocycles. The first-order valence-electron chi connectivity index (χ1n) is 5.66. The summed E-state index contributed by atoms with van der Waals surface area (Å²) in [7, 11) is 0. The Bertz CT molecular complexity index is 373. The molecule has 0 spiro atoms. The number of carbonyl (C=O) groups excluding carboxylic acids is 1. The van der Waals surface area contributed by atoms with E-state index in [-0.39, 0.29) is 24.6 Å². The molecule has 0 saturated carbocycles. The third kappa shape index (κ3) is 3.70. The topological polar surface area (TPSA) is 92.3 Å². The van der Waals surface area contributed by atoms with Gasteiger partial charge in [-0.1, -0.05) is 0 Å². The molecule has 1 aromatic heterocycles. The van der Waals surface area contributed by atoms with Gasteiger partial charge in [-0.25, -0.2) is 9.67 Å². The molecule has 1 atom stereocenters. The van der Waals surface area contributed by atoms with Gasteiger partial charge in [0.2, 0.25) is 5.95 Å². The van der Waals surface area contributed by atoms with E-state index in [4.69, 9.17) is 15.2 Å². The lowest BCUT2D eigenvalue weighted by Crippen LogP contribution is -2.17. The van der Waals surface area contributed by atoms with E-state index in [9.17, 15) is 4.79 Å². The maximum Gasteiger partial charge on any atom is 0.327 e. The zero-order chi connectivity index (χ0) is 12.1. The lowest BCUT2D eigenvalue weighted by atomic mass is 10.2. The van der Waals surface area contributed by atoms with Crippen LogP contribution >= 0.6 is 0 Å². The molecule has 0 bridgehead atoms. The summed E-state index contributed by atoms with van der Waals surface area (Å²) in [6, 6.07) is 0. The third-order valence-electron chi connectivity index (χ3n) is 2.57. The standard InChI is InChI=1S/C10H16N4O3/c11-10-12-7-14(13-10)6-9(15)17-5-3-8-2-1-4-16-8/h7-8H,1-6H2,(H2,11,13). The Hall–Kier alpha value is -1.63. The zero-order valence-electron chi connectivity index (χ0n) is 9.54. The zero-order valence-corrected chi connectivity index (χ0v) is 9.54. The molecule has 1 unspecified atom stereocenters. The summed E-state index contributed by atoms with van der Waals surface area (Å²) in [5, 5.41) is 3.79. The second-order valence-electron chi connectivity index (χ2n) is 3.94. The summed E-state index contributed by atoms with van der Waals surface area (Å²) in [4.78, 5) is 15.1. The van der Waals surface area contributed by atoms with Crippen LogP contribution < -0.4 is 5.73 Å². The van der Waals surface area contributed by atoms with E-state index in [1.807, 2.05) is 0 Å². The largest absolute Gasteiger partial charge is 0.464 e. The summed E-state index contributed by atoms with van der Waals surface area (Å²) < 4.78 is 11.8. The van der Waals surface area contributed by atoms with Gasteiger partial charge in [-0.15, -0.1) is 5.10 Å². The molecule has 1 aliphatic rings. The van der Waals surface area contributed by atoms with Crippen LogP contribution in [0.1, 0.15) is 19.3 Å². The molecule has 1 saturated heterocycles. The highest BCUT2D eigenvalue weighted by Crippen LogP contribution is 2.14. The summed E-state index contributed by atoms with van der Waals surface area (Å²) >= 11 is 0. The van der Waals surface area contributed by atoms with Crippen LogP contribution in [0.4, 0.5) is 5.95 Å². The minimum Gasteiger partial charge on any atom is -0.464 e. The van der Waals surface area contributed by atoms with E-state index in [1.54, 1.807) is 0 Å². The van der Waals surface area contributed by atoms with Crippen molar-refractivity contribution in [3.63, 3.8) is 0 Å². The SMILES string of the molecule is Nc1ncn(CC(=O)OCCC2CCCO2)n1. The van der Waals surface area contributed by atoms with Crippen LogP contribution in [0, 0.1) is 0 Å². The lowest BCUT2D eigenvalue weighted by Gasteiger charge is -2.09. The molecular weight excluding hydrogens is 224 g/mol. The van der Waals surface area contributed by atoms with Crippen LogP contribution in [-0.2, 0) is 20.8 Å². The van der Waals surface area contributed by atoms with Gasteiger partial charge in [-0.3, -0.25) is 4.79 Å². The highest BCUT2D eigenvalue weighted by Gasteiger charge is 2.16. The fourth-order valence-corrected chi connectivity index (χ4v) is 1.74. The molecule has 1 aromatic rings. The van der Waals surface area contributed by atoms with E-state index in [0.29, 0.717) is 6.61 Å². The molecule has 94 valence electrons. The van der Waals surface area contributed by atoms with Crippen LogP contribution in [0.25, 0.3) is 0 Å². The van der Waals surface area contributed by atoms with Crippen molar-refractivity contribution >= 4 is 11.9 Å². The number of esters is 1. The maximum atomic E-state index is 11.4. The van der Waals surface area contributed by atoms with Gasteiger partial charge in [-0.05, 0) is 12.8 Å². The molecule has 7 nitrogen and oxygen atoms in total. The van der Waals surface area contributed by atoms with Crippen molar-refractivity contribution in [3.05, 3.63) is 6.33 Å². The van der Waals surface area contributed by atoms with Gasteiger partial charge < -0.3 is 15.2 Å². The summed E-state index contributed by atoms with van der Waals surface area (Å²) in [6.45, 7) is 1.24. The molecule has 1 aliphatic heterocycles. The van der Waals surface area contributed by atoms with Crippen LogP contribution in [0.3, 0.4) is 0 Å². The number of carbonyl (C=O) groups is 1. The Balaban J connectivity index is 1.63. The van der Waals surface area contributed by atoms with Crippen LogP contribution in [0.5, 0.6) is 0 Å². The highest BCUT2D eigenvalue weighted by atomic mass is 16.5.